The Bertz CT molecular complexity index is 773. The number of hydrogen-bond acceptors (Lipinski definition) is 4. The summed E-state index contributed by atoms with van der Waals surface area (Å²) in [6.45, 7) is 10.3. The van der Waals surface area contributed by atoms with Crippen LogP contribution in [-0.2, 0) is 16.7 Å². The smallest absolute Gasteiger partial charge is 0.194 e. The lowest BCUT2D eigenvalue weighted by molar-refractivity contribution is 0.119. The molecule has 2 rings (SSSR count). The summed E-state index contributed by atoms with van der Waals surface area (Å²) in [6.07, 6.45) is 0.00229. The standard InChI is InChI=1S/C21H31FN4OS/c1-7-23-20(24-14-21(3,4)16-8-10-17(22)11-9-16)26(5)12-18-13-28-19(25-18)15(2)27-6/h8-11,13,15H,7,12,14H2,1-6H3,(H,23,24). The maximum absolute atomic E-state index is 13.2. The lowest BCUT2D eigenvalue weighted by atomic mass is 9.85. The van der Waals surface area contributed by atoms with Crippen LogP contribution in [-0.4, -0.2) is 43.1 Å². The van der Waals surface area contributed by atoms with Gasteiger partial charge in [0.2, 0.25) is 0 Å². The zero-order valence-corrected chi connectivity index (χ0v) is 18.4. The van der Waals surface area contributed by atoms with Gasteiger partial charge >= 0.3 is 0 Å². The molecule has 0 saturated heterocycles. The molecular formula is C21H31FN4OS. The summed E-state index contributed by atoms with van der Waals surface area (Å²) in [6, 6.07) is 6.66. The molecule has 1 aromatic heterocycles. The van der Waals surface area contributed by atoms with Gasteiger partial charge in [0.25, 0.3) is 0 Å². The van der Waals surface area contributed by atoms with E-state index in [1.165, 1.54) is 12.1 Å². The van der Waals surface area contributed by atoms with Gasteiger partial charge in [-0.2, -0.15) is 0 Å². The SMILES string of the molecule is CCNC(=NCC(C)(C)c1ccc(F)cc1)N(C)Cc1csc(C(C)OC)n1. The van der Waals surface area contributed by atoms with E-state index in [2.05, 4.69) is 41.4 Å². The molecule has 0 amide bonds. The van der Waals surface area contributed by atoms with E-state index in [4.69, 9.17) is 9.73 Å². The van der Waals surface area contributed by atoms with Crippen molar-refractivity contribution in [1.29, 1.82) is 0 Å². The highest BCUT2D eigenvalue weighted by molar-refractivity contribution is 7.09. The van der Waals surface area contributed by atoms with Crippen LogP contribution in [0, 0.1) is 5.82 Å². The lowest BCUT2D eigenvalue weighted by Gasteiger charge is -2.26. The van der Waals surface area contributed by atoms with Crippen LogP contribution in [0.4, 0.5) is 4.39 Å². The fraction of sp³-hybridized carbons (Fsp3) is 0.524. The van der Waals surface area contributed by atoms with Gasteiger partial charge in [-0.05, 0) is 31.5 Å². The summed E-state index contributed by atoms with van der Waals surface area (Å²) < 4.78 is 18.6. The number of thiazole rings is 1. The Kier molecular flexibility index (Phi) is 7.95. The van der Waals surface area contributed by atoms with Crippen molar-refractivity contribution in [1.82, 2.24) is 15.2 Å². The number of nitrogens with one attached hydrogen (secondary N) is 1. The zero-order valence-electron chi connectivity index (χ0n) is 17.6. The molecule has 5 nitrogen and oxygen atoms in total. The summed E-state index contributed by atoms with van der Waals surface area (Å²) in [4.78, 5) is 11.6. The molecule has 0 aliphatic carbocycles. The third-order valence-electron chi connectivity index (χ3n) is 4.62. The molecule has 0 fully saturated rings. The number of aliphatic imine (C=N–C) groups is 1. The Hall–Kier alpha value is -1.99. The van der Waals surface area contributed by atoms with Gasteiger partial charge in [-0.1, -0.05) is 26.0 Å². The van der Waals surface area contributed by atoms with E-state index in [1.807, 2.05) is 26.1 Å². The highest BCUT2D eigenvalue weighted by Crippen LogP contribution is 2.24. The first-order valence-corrected chi connectivity index (χ1v) is 10.4. The first kappa shape index (κ1) is 22.3. The van der Waals surface area contributed by atoms with Gasteiger partial charge in [0.05, 0.1) is 18.8 Å². The predicted molar refractivity (Wildman–Crippen MR) is 114 cm³/mol. The van der Waals surface area contributed by atoms with Gasteiger partial charge in [0.15, 0.2) is 5.96 Å². The quantitative estimate of drug-likeness (QED) is 0.523. The number of aromatic nitrogens is 1. The van der Waals surface area contributed by atoms with Crippen molar-refractivity contribution in [2.75, 3.05) is 27.2 Å². The highest BCUT2D eigenvalue weighted by atomic mass is 32.1. The third-order valence-corrected chi connectivity index (χ3v) is 5.67. The molecule has 7 heteroatoms. The van der Waals surface area contributed by atoms with Gasteiger partial charge in [0, 0.05) is 31.5 Å². The molecule has 28 heavy (non-hydrogen) atoms. The van der Waals surface area contributed by atoms with Gasteiger partial charge in [0.1, 0.15) is 16.9 Å². The minimum Gasteiger partial charge on any atom is -0.375 e. The van der Waals surface area contributed by atoms with Crippen molar-refractivity contribution in [3.63, 3.8) is 0 Å². The van der Waals surface area contributed by atoms with Gasteiger partial charge in [-0.3, -0.25) is 4.99 Å². The zero-order chi connectivity index (χ0) is 20.7. The van der Waals surface area contributed by atoms with Crippen molar-refractivity contribution in [3.05, 3.63) is 51.7 Å². The Labute approximate surface area is 171 Å². The molecule has 2 aromatic rings. The molecule has 0 aliphatic heterocycles. The number of halogens is 1. The normalized spacial score (nSPS) is 13.5. The van der Waals surface area contributed by atoms with Crippen LogP contribution in [0.3, 0.4) is 0 Å². The van der Waals surface area contributed by atoms with E-state index >= 15 is 0 Å². The first-order chi connectivity index (χ1) is 13.3. The number of ether oxygens (including phenoxy) is 1. The summed E-state index contributed by atoms with van der Waals surface area (Å²) in [7, 11) is 3.70. The fourth-order valence-electron chi connectivity index (χ4n) is 2.74. The molecular weight excluding hydrogens is 375 g/mol. The Morgan fingerprint density at radius 2 is 2.04 bits per heavy atom. The number of benzene rings is 1. The van der Waals surface area contributed by atoms with E-state index in [0.717, 1.165) is 28.8 Å². The second-order valence-corrected chi connectivity index (χ2v) is 8.36. The molecule has 154 valence electrons. The van der Waals surface area contributed by atoms with Crippen LogP contribution in [0.5, 0.6) is 0 Å². The number of hydrogen-bond donors (Lipinski definition) is 1. The number of guanidine groups is 1. The van der Waals surface area contributed by atoms with E-state index < -0.39 is 0 Å². The topological polar surface area (TPSA) is 49.8 Å². The first-order valence-electron chi connectivity index (χ1n) is 9.49. The second kappa shape index (κ2) is 9.98. The molecule has 0 radical (unpaired) electrons. The largest absolute Gasteiger partial charge is 0.375 e. The predicted octanol–water partition coefficient (Wildman–Crippen LogP) is 4.36. The van der Waals surface area contributed by atoms with Crippen molar-refractivity contribution in [2.24, 2.45) is 4.99 Å². The molecule has 1 aromatic carbocycles. The van der Waals surface area contributed by atoms with Crippen molar-refractivity contribution >= 4 is 17.3 Å². The van der Waals surface area contributed by atoms with Crippen LogP contribution in [0.15, 0.2) is 34.6 Å². The monoisotopic (exact) mass is 406 g/mol. The van der Waals surface area contributed by atoms with Crippen molar-refractivity contribution in [2.45, 2.75) is 45.8 Å². The minimum atomic E-state index is -0.221. The lowest BCUT2D eigenvalue weighted by Crippen LogP contribution is -2.39. The van der Waals surface area contributed by atoms with Crippen molar-refractivity contribution < 1.29 is 9.13 Å². The average Bonchev–Trinajstić information content (AvgIpc) is 3.13. The van der Waals surface area contributed by atoms with Crippen LogP contribution >= 0.6 is 11.3 Å². The number of methoxy groups -OCH3 is 1. The molecule has 0 spiro atoms. The molecule has 1 N–H and O–H groups in total. The summed E-state index contributed by atoms with van der Waals surface area (Å²) in [5.74, 6) is 0.605. The van der Waals surface area contributed by atoms with Gasteiger partial charge in [-0.15, -0.1) is 11.3 Å². The van der Waals surface area contributed by atoms with Crippen LogP contribution in [0.1, 0.15) is 50.1 Å². The molecule has 0 bridgehead atoms. The molecule has 0 saturated carbocycles. The second-order valence-electron chi connectivity index (χ2n) is 7.47. The minimum absolute atomic E-state index is 0.00229. The Morgan fingerprint density at radius 1 is 1.36 bits per heavy atom. The van der Waals surface area contributed by atoms with Gasteiger partial charge in [-0.25, -0.2) is 9.37 Å². The van der Waals surface area contributed by atoms with E-state index in [-0.39, 0.29) is 17.3 Å². The summed E-state index contributed by atoms with van der Waals surface area (Å²) >= 11 is 1.61. The molecule has 1 unspecified atom stereocenters. The van der Waals surface area contributed by atoms with E-state index in [0.29, 0.717) is 13.1 Å². The Morgan fingerprint density at radius 3 is 2.64 bits per heavy atom. The fourth-order valence-corrected chi connectivity index (χ4v) is 3.58. The summed E-state index contributed by atoms with van der Waals surface area (Å²) in [5.41, 5.74) is 1.86. The maximum Gasteiger partial charge on any atom is 0.194 e. The van der Waals surface area contributed by atoms with Crippen LogP contribution in [0.2, 0.25) is 0 Å². The average molecular weight is 407 g/mol. The van der Waals surface area contributed by atoms with Crippen LogP contribution in [0.25, 0.3) is 0 Å². The number of rotatable bonds is 8. The number of nitrogens with zero attached hydrogens (tertiary/aromatic N) is 3. The van der Waals surface area contributed by atoms with E-state index in [1.54, 1.807) is 18.4 Å². The molecule has 1 atom stereocenters. The van der Waals surface area contributed by atoms with E-state index in [9.17, 15) is 4.39 Å². The molecule has 1 heterocycles. The third kappa shape index (κ3) is 6.01. The highest BCUT2D eigenvalue weighted by Gasteiger charge is 2.21. The van der Waals surface area contributed by atoms with Crippen molar-refractivity contribution in [3.8, 4) is 0 Å². The van der Waals surface area contributed by atoms with Crippen LogP contribution < -0.4 is 5.32 Å². The maximum atomic E-state index is 13.2. The molecule has 0 aliphatic rings. The summed E-state index contributed by atoms with van der Waals surface area (Å²) in [5, 5.41) is 6.38. The Balaban J connectivity index is 2.09. The van der Waals surface area contributed by atoms with Gasteiger partial charge < -0.3 is 15.0 Å².